The summed E-state index contributed by atoms with van der Waals surface area (Å²) < 4.78 is 12.8. The third-order valence-corrected chi connectivity index (χ3v) is 2.05. The maximum atomic E-state index is 12.8. The molecular weight excluding hydrogens is 209 g/mol. The molecule has 0 radical (unpaired) electrons. The van der Waals surface area contributed by atoms with Crippen molar-refractivity contribution in [2.45, 2.75) is 0 Å². The van der Waals surface area contributed by atoms with E-state index in [0.717, 1.165) is 0 Å². The van der Waals surface area contributed by atoms with E-state index in [1.165, 1.54) is 12.1 Å². The maximum Gasteiger partial charge on any atom is 0.125 e. The molecular formula is C9H9ClFNS. The molecule has 0 spiro atoms. The number of rotatable bonds is 2. The van der Waals surface area contributed by atoms with E-state index in [0.29, 0.717) is 17.0 Å². The molecule has 2 N–H and O–H groups in total. The highest BCUT2D eigenvalue weighted by molar-refractivity contribution is 7.80. The number of nitrogens with two attached hydrogens (primary N) is 1. The fraction of sp³-hybridized carbons (Fsp3) is 0.111. The first-order chi connectivity index (χ1) is 6.15. The van der Waals surface area contributed by atoms with Crippen molar-refractivity contribution in [2.24, 2.45) is 0 Å². The molecule has 1 rings (SSSR count). The lowest BCUT2D eigenvalue weighted by Crippen LogP contribution is -1.92. The van der Waals surface area contributed by atoms with Gasteiger partial charge < -0.3 is 5.73 Å². The van der Waals surface area contributed by atoms with Crippen LogP contribution in [0.2, 0.25) is 5.02 Å². The topological polar surface area (TPSA) is 26.0 Å². The van der Waals surface area contributed by atoms with Crippen molar-refractivity contribution in [3.63, 3.8) is 0 Å². The van der Waals surface area contributed by atoms with Crippen LogP contribution in [0.1, 0.15) is 5.56 Å². The Hall–Kier alpha value is -0.670. The highest BCUT2D eigenvalue weighted by atomic mass is 35.5. The summed E-state index contributed by atoms with van der Waals surface area (Å²) in [5, 5.41) is 0.235. The smallest absolute Gasteiger partial charge is 0.125 e. The van der Waals surface area contributed by atoms with Crippen LogP contribution in [0.3, 0.4) is 0 Å². The van der Waals surface area contributed by atoms with Gasteiger partial charge in [0.25, 0.3) is 0 Å². The Morgan fingerprint density at radius 1 is 1.54 bits per heavy atom. The van der Waals surface area contributed by atoms with Gasteiger partial charge in [-0.15, -0.1) is 0 Å². The van der Waals surface area contributed by atoms with E-state index in [4.69, 9.17) is 17.3 Å². The fourth-order valence-corrected chi connectivity index (χ4v) is 1.24. The molecule has 70 valence electrons. The minimum absolute atomic E-state index is 0.235. The third kappa shape index (κ3) is 2.64. The van der Waals surface area contributed by atoms with Crippen molar-refractivity contribution in [1.82, 2.24) is 0 Å². The number of nitrogen functional groups attached to an aromatic ring is 1. The average Bonchev–Trinajstić information content (AvgIpc) is 2.09. The highest BCUT2D eigenvalue weighted by Crippen LogP contribution is 2.25. The summed E-state index contributed by atoms with van der Waals surface area (Å²) in [6.07, 6.45) is 3.46. The van der Waals surface area contributed by atoms with E-state index in [-0.39, 0.29) is 5.02 Å². The molecule has 1 aromatic carbocycles. The SMILES string of the molecule is Nc1c(Cl)cc(F)cc1C=CCS. The molecule has 0 aromatic heterocycles. The van der Waals surface area contributed by atoms with Crippen molar-refractivity contribution >= 4 is 36.0 Å². The van der Waals surface area contributed by atoms with Crippen molar-refractivity contribution < 1.29 is 4.39 Å². The Bertz CT molecular complexity index is 339. The minimum Gasteiger partial charge on any atom is -0.397 e. The Morgan fingerprint density at radius 3 is 2.85 bits per heavy atom. The number of anilines is 1. The lowest BCUT2D eigenvalue weighted by Gasteiger charge is -2.02. The largest absolute Gasteiger partial charge is 0.397 e. The van der Waals surface area contributed by atoms with Crippen molar-refractivity contribution in [1.29, 1.82) is 0 Å². The summed E-state index contributed by atoms with van der Waals surface area (Å²) in [5.74, 6) is 0.186. The molecule has 0 aliphatic heterocycles. The molecule has 0 saturated carbocycles. The minimum atomic E-state index is -0.391. The number of hydrogen-bond acceptors (Lipinski definition) is 2. The normalized spacial score (nSPS) is 11.0. The van der Waals surface area contributed by atoms with Crippen LogP contribution in [0.25, 0.3) is 6.08 Å². The van der Waals surface area contributed by atoms with Gasteiger partial charge in [-0.1, -0.05) is 23.8 Å². The quantitative estimate of drug-likeness (QED) is 0.578. The van der Waals surface area contributed by atoms with E-state index in [1.54, 1.807) is 12.2 Å². The molecule has 0 atom stereocenters. The van der Waals surface area contributed by atoms with Crippen LogP contribution in [-0.2, 0) is 0 Å². The van der Waals surface area contributed by atoms with Crippen molar-refractivity contribution in [2.75, 3.05) is 11.5 Å². The molecule has 13 heavy (non-hydrogen) atoms. The van der Waals surface area contributed by atoms with Crippen LogP contribution < -0.4 is 5.73 Å². The van der Waals surface area contributed by atoms with Crippen LogP contribution in [0, 0.1) is 5.82 Å². The number of hydrogen-bond donors (Lipinski definition) is 2. The first-order valence-electron chi connectivity index (χ1n) is 3.67. The maximum absolute atomic E-state index is 12.8. The zero-order valence-electron chi connectivity index (χ0n) is 6.80. The molecule has 4 heteroatoms. The summed E-state index contributed by atoms with van der Waals surface area (Å²) in [6.45, 7) is 0. The second-order valence-corrected chi connectivity index (χ2v) is 3.25. The Kier molecular flexibility index (Phi) is 3.63. The van der Waals surface area contributed by atoms with Crippen LogP contribution in [0.15, 0.2) is 18.2 Å². The molecule has 0 unspecified atom stereocenters. The Morgan fingerprint density at radius 2 is 2.23 bits per heavy atom. The van der Waals surface area contributed by atoms with E-state index < -0.39 is 5.82 Å². The van der Waals surface area contributed by atoms with Crippen molar-refractivity contribution in [3.05, 3.63) is 34.6 Å². The standard InChI is InChI=1S/C9H9ClFNS/c10-8-5-7(11)4-6(9(8)12)2-1-3-13/h1-2,4-5,13H,3,12H2. The average molecular weight is 218 g/mol. The number of thiol groups is 1. The van der Waals surface area contributed by atoms with Crippen molar-refractivity contribution in [3.8, 4) is 0 Å². The number of benzene rings is 1. The Balaban J connectivity index is 3.12. The zero-order chi connectivity index (χ0) is 9.84. The van der Waals surface area contributed by atoms with Gasteiger partial charge in [0.05, 0.1) is 10.7 Å². The van der Waals surface area contributed by atoms with E-state index in [1.807, 2.05) is 0 Å². The van der Waals surface area contributed by atoms with Gasteiger partial charge in [0, 0.05) is 11.3 Å². The van der Waals surface area contributed by atoms with E-state index >= 15 is 0 Å². The van der Waals surface area contributed by atoms with Crippen LogP contribution >= 0.6 is 24.2 Å². The summed E-state index contributed by atoms with van der Waals surface area (Å²) >= 11 is 9.66. The van der Waals surface area contributed by atoms with E-state index in [2.05, 4.69) is 12.6 Å². The molecule has 0 amide bonds. The third-order valence-electron chi connectivity index (χ3n) is 1.53. The van der Waals surface area contributed by atoms with Crippen LogP contribution in [-0.4, -0.2) is 5.75 Å². The summed E-state index contributed by atoms with van der Waals surface area (Å²) in [5.41, 5.74) is 6.59. The summed E-state index contributed by atoms with van der Waals surface area (Å²) in [6, 6.07) is 2.52. The van der Waals surface area contributed by atoms with Gasteiger partial charge in [0.15, 0.2) is 0 Å². The Labute approximate surface area is 86.8 Å². The fourth-order valence-electron chi connectivity index (χ4n) is 0.922. The molecule has 1 aromatic rings. The first-order valence-corrected chi connectivity index (χ1v) is 4.68. The van der Waals surface area contributed by atoms with Crippen LogP contribution in [0.4, 0.5) is 10.1 Å². The first kappa shape index (κ1) is 10.4. The molecule has 0 heterocycles. The molecule has 0 bridgehead atoms. The predicted molar refractivity (Wildman–Crippen MR) is 58.7 cm³/mol. The second kappa shape index (κ2) is 4.53. The zero-order valence-corrected chi connectivity index (χ0v) is 8.45. The number of halogens is 2. The van der Waals surface area contributed by atoms with E-state index in [9.17, 15) is 4.39 Å². The molecule has 0 saturated heterocycles. The second-order valence-electron chi connectivity index (χ2n) is 2.48. The van der Waals surface area contributed by atoms with Gasteiger partial charge in [-0.25, -0.2) is 4.39 Å². The summed E-state index contributed by atoms with van der Waals surface area (Å²) in [4.78, 5) is 0. The monoisotopic (exact) mass is 217 g/mol. The lowest BCUT2D eigenvalue weighted by atomic mass is 10.1. The van der Waals surface area contributed by atoms with Gasteiger partial charge in [0.1, 0.15) is 5.82 Å². The molecule has 0 aliphatic carbocycles. The lowest BCUT2D eigenvalue weighted by molar-refractivity contribution is 0.628. The predicted octanol–water partition coefficient (Wildman–Crippen LogP) is 3.00. The van der Waals surface area contributed by atoms with Crippen LogP contribution in [0.5, 0.6) is 0 Å². The molecule has 0 aliphatic rings. The van der Waals surface area contributed by atoms with Gasteiger partial charge in [0.2, 0.25) is 0 Å². The van der Waals surface area contributed by atoms with Gasteiger partial charge >= 0.3 is 0 Å². The van der Waals surface area contributed by atoms with Gasteiger partial charge in [-0.2, -0.15) is 12.6 Å². The molecule has 0 fully saturated rings. The summed E-state index contributed by atoms with van der Waals surface area (Å²) in [7, 11) is 0. The van der Waals surface area contributed by atoms with Gasteiger partial charge in [-0.05, 0) is 12.1 Å². The highest BCUT2D eigenvalue weighted by Gasteiger charge is 2.03. The van der Waals surface area contributed by atoms with Gasteiger partial charge in [-0.3, -0.25) is 0 Å². The molecule has 1 nitrogen and oxygen atoms in total.